The van der Waals surface area contributed by atoms with Crippen LogP contribution in [0.1, 0.15) is 31.1 Å². The van der Waals surface area contributed by atoms with E-state index in [4.69, 9.17) is 9.47 Å². The van der Waals surface area contributed by atoms with Crippen LogP contribution in [0.5, 0.6) is 5.75 Å². The maximum Gasteiger partial charge on any atom is 0.303 e. The third-order valence-corrected chi connectivity index (χ3v) is 3.28. The van der Waals surface area contributed by atoms with Gasteiger partial charge in [0, 0.05) is 6.92 Å². The van der Waals surface area contributed by atoms with E-state index < -0.39 is 11.6 Å². The second kappa shape index (κ2) is 5.56. The zero-order chi connectivity index (χ0) is 15.6. The smallest absolute Gasteiger partial charge is 0.303 e. The number of hydrogen-bond acceptors (Lipinski definition) is 4. The maximum absolute atomic E-state index is 12.8. The first kappa shape index (κ1) is 15.0. The summed E-state index contributed by atoms with van der Waals surface area (Å²) in [6, 6.07) is 11.2. The van der Waals surface area contributed by atoms with Gasteiger partial charge in [0.2, 0.25) is 5.78 Å². The molecule has 21 heavy (non-hydrogen) atoms. The van der Waals surface area contributed by atoms with Crippen LogP contribution in [0.15, 0.2) is 36.4 Å². The molecule has 0 radical (unpaired) electrons. The summed E-state index contributed by atoms with van der Waals surface area (Å²) in [5.74, 6) is -0.308. The highest BCUT2D eigenvalue weighted by molar-refractivity contribution is 6.14. The van der Waals surface area contributed by atoms with E-state index in [-0.39, 0.29) is 5.78 Å². The van der Waals surface area contributed by atoms with E-state index in [1.165, 1.54) is 14.0 Å². The minimum Gasteiger partial charge on any atom is -0.496 e. The fraction of sp³-hybridized carbons (Fsp3) is 0.294. The lowest BCUT2D eigenvalue weighted by Crippen LogP contribution is -2.37. The van der Waals surface area contributed by atoms with E-state index >= 15 is 0 Å². The van der Waals surface area contributed by atoms with Crippen LogP contribution < -0.4 is 4.74 Å². The summed E-state index contributed by atoms with van der Waals surface area (Å²) in [6.07, 6.45) is 0. The Bertz CT molecular complexity index is 701. The summed E-state index contributed by atoms with van der Waals surface area (Å²) < 4.78 is 10.5. The van der Waals surface area contributed by atoms with Gasteiger partial charge in [0.05, 0.1) is 12.7 Å². The molecule has 0 amide bonds. The monoisotopic (exact) mass is 286 g/mol. The Labute approximate surface area is 123 Å². The quantitative estimate of drug-likeness (QED) is 0.638. The molecule has 2 aromatic carbocycles. The van der Waals surface area contributed by atoms with Crippen molar-refractivity contribution in [2.24, 2.45) is 0 Å². The van der Waals surface area contributed by atoms with Crippen LogP contribution in [-0.4, -0.2) is 24.5 Å². The molecule has 0 aliphatic carbocycles. The number of esters is 1. The van der Waals surface area contributed by atoms with E-state index in [0.717, 1.165) is 10.8 Å². The topological polar surface area (TPSA) is 52.6 Å². The molecule has 0 saturated heterocycles. The fourth-order valence-electron chi connectivity index (χ4n) is 2.36. The number of methoxy groups -OCH3 is 1. The molecule has 0 aliphatic heterocycles. The number of hydrogen-bond donors (Lipinski definition) is 0. The molecular weight excluding hydrogens is 268 g/mol. The van der Waals surface area contributed by atoms with Crippen LogP contribution in [-0.2, 0) is 9.53 Å². The van der Waals surface area contributed by atoms with Crippen molar-refractivity contribution in [3.63, 3.8) is 0 Å². The molecular formula is C17H18O4. The van der Waals surface area contributed by atoms with Crippen molar-refractivity contribution in [1.29, 1.82) is 0 Å². The Morgan fingerprint density at radius 1 is 1.05 bits per heavy atom. The molecule has 0 atom stereocenters. The SMILES string of the molecule is COc1ccc2ccccc2c1C(=O)C(C)(C)OC(C)=O. The Morgan fingerprint density at radius 2 is 1.71 bits per heavy atom. The molecule has 2 rings (SSSR count). The average molecular weight is 286 g/mol. The highest BCUT2D eigenvalue weighted by Gasteiger charge is 2.34. The molecule has 2 aromatic rings. The molecule has 0 aliphatic rings. The summed E-state index contributed by atoms with van der Waals surface area (Å²) in [6.45, 7) is 4.45. The fourth-order valence-corrected chi connectivity index (χ4v) is 2.36. The highest BCUT2D eigenvalue weighted by Crippen LogP contribution is 2.32. The third-order valence-electron chi connectivity index (χ3n) is 3.28. The van der Waals surface area contributed by atoms with Crippen molar-refractivity contribution in [2.45, 2.75) is 26.4 Å². The lowest BCUT2D eigenvalue weighted by atomic mass is 9.91. The van der Waals surface area contributed by atoms with Gasteiger partial charge in [-0.15, -0.1) is 0 Å². The maximum atomic E-state index is 12.8. The zero-order valence-electron chi connectivity index (χ0n) is 12.6. The number of carbonyl (C=O) groups is 2. The first-order chi connectivity index (χ1) is 9.86. The molecule has 0 heterocycles. The normalized spacial score (nSPS) is 11.2. The van der Waals surface area contributed by atoms with Crippen LogP contribution >= 0.6 is 0 Å². The Kier molecular flexibility index (Phi) is 3.98. The van der Waals surface area contributed by atoms with E-state index in [2.05, 4.69) is 0 Å². The van der Waals surface area contributed by atoms with Gasteiger partial charge in [-0.05, 0) is 30.7 Å². The number of ketones is 1. The van der Waals surface area contributed by atoms with E-state index in [1.807, 2.05) is 30.3 Å². The predicted molar refractivity (Wildman–Crippen MR) is 80.7 cm³/mol. The van der Waals surface area contributed by atoms with Crippen molar-refractivity contribution in [2.75, 3.05) is 7.11 Å². The van der Waals surface area contributed by atoms with Gasteiger partial charge < -0.3 is 9.47 Å². The minimum absolute atomic E-state index is 0.286. The molecule has 0 fully saturated rings. The highest BCUT2D eigenvalue weighted by atomic mass is 16.6. The number of ether oxygens (including phenoxy) is 2. The van der Waals surface area contributed by atoms with Gasteiger partial charge >= 0.3 is 5.97 Å². The molecule has 0 N–H and O–H groups in total. The van der Waals surface area contributed by atoms with Gasteiger partial charge in [0.25, 0.3) is 0 Å². The van der Waals surface area contributed by atoms with E-state index in [1.54, 1.807) is 19.9 Å². The summed E-state index contributed by atoms with van der Waals surface area (Å²) in [5, 5.41) is 1.71. The van der Waals surface area contributed by atoms with Crippen LogP contribution in [0.2, 0.25) is 0 Å². The molecule has 4 heteroatoms. The molecule has 110 valence electrons. The predicted octanol–water partition coefficient (Wildman–Crippen LogP) is 3.37. The van der Waals surface area contributed by atoms with Crippen LogP contribution in [0, 0.1) is 0 Å². The summed E-state index contributed by atoms with van der Waals surface area (Å²) in [4.78, 5) is 24.0. The minimum atomic E-state index is -1.25. The summed E-state index contributed by atoms with van der Waals surface area (Å²) in [7, 11) is 1.51. The third kappa shape index (κ3) is 2.89. The van der Waals surface area contributed by atoms with Crippen LogP contribution in [0.25, 0.3) is 10.8 Å². The van der Waals surface area contributed by atoms with Crippen molar-refractivity contribution >= 4 is 22.5 Å². The molecule has 4 nitrogen and oxygen atoms in total. The van der Waals surface area contributed by atoms with Gasteiger partial charge in [-0.3, -0.25) is 9.59 Å². The second-order valence-electron chi connectivity index (χ2n) is 5.30. The van der Waals surface area contributed by atoms with Crippen molar-refractivity contribution in [3.05, 3.63) is 42.0 Å². The number of Topliss-reactive ketones (excluding diaryl/α,β-unsaturated/α-hetero) is 1. The number of carbonyl (C=O) groups excluding carboxylic acids is 2. The van der Waals surface area contributed by atoms with Crippen molar-refractivity contribution in [3.8, 4) is 5.75 Å². The lowest BCUT2D eigenvalue weighted by molar-refractivity contribution is -0.149. The van der Waals surface area contributed by atoms with E-state index in [9.17, 15) is 9.59 Å². The standard InChI is InChI=1S/C17H18O4/c1-11(18)21-17(2,3)16(19)15-13-8-6-5-7-12(13)9-10-14(15)20-4/h5-10H,1-4H3. The second-order valence-corrected chi connectivity index (χ2v) is 5.30. The first-order valence-corrected chi connectivity index (χ1v) is 6.67. The average Bonchev–Trinajstić information content (AvgIpc) is 2.43. The Balaban J connectivity index is 2.64. The van der Waals surface area contributed by atoms with Gasteiger partial charge in [-0.2, -0.15) is 0 Å². The number of benzene rings is 2. The molecule has 0 bridgehead atoms. The molecule has 0 unspecified atom stereocenters. The van der Waals surface area contributed by atoms with E-state index in [0.29, 0.717) is 11.3 Å². The van der Waals surface area contributed by atoms with Gasteiger partial charge in [-0.1, -0.05) is 30.3 Å². The first-order valence-electron chi connectivity index (χ1n) is 6.67. The van der Waals surface area contributed by atoms with Gasteiger partial charge in [-0.25, -0.2) is 0 Å². The molecule has 0 saturated carbocycles. The lowest BCUT2D eigenvalue weighted by Gasteiger charge is -2.24. The van der Waals surface area contributed by atoms with Crippen molar-refractivity contribution < 1.29 is 19.1 Å². The number of fused-ring (bicyclic) bond motifs is 1. The van der Waals surface area contributed by atoms with Crippen molar-refractivity contribution in [1.82, 2.24) is 0 Å². The van der Waals surface area contributed by atoms with Crippen LogP contribution in [0.3, 0.4) is 0 Å². The largest absolute Gasteiger partial charge is 0.496 e. The Hall–Kier alpha value is -2.36. The zero-order valence-corrected chi connectivity index (χ0v) is 12.6. The van der Waals surface area contributed by atoms with Gasteiger partial charge in [0.15, 0.2) is 5.60 Å². The van der Waals surface area contributed by atoms with Gasteiger partial charge in [0.1, 0.15) is 5.75 Å². The molecule has 0 spiro atoms. The Morgan fingerprint density at radius 3 is 2.33 bits per heavy atom. The van der Waals surface area contributed by atoms with Crippen LogP contribution in [0.4, 0.5) is 0 Å². The molecule has 0 aromatic heterocycles. The number of rotatable bonds is 4. The summed E-state index contributed by atoms with van der Waals surface area (Å²) >= 11 is 0. The summed E-state index contributed by atoms with van der Waals surface area (Å²) in [5.41, 5.74) is -0.815.